The van der Waals surface area contributed by atoms with Crippen LogP contribution in [-0.2, 0) is 9.53 Å². The van der Waals surface area contributed by atoms with Crippen LogP contribution in [0.4, 0.5) is 0 Å². The minimum atomic E-state index is -0.153. The average Bonchev–Trinajstić information content (AvgIpc) is 2.41. The van der Waals surface area contributed by atoms with Gasteiger partial charge < -0.3 is 15.0 Å². The number of hydrogen-bond acceptors (Lipinski definition) is 3. The van der Waals surface area contributed by atoms with Gasteiger partial charge in [0.15, 0.2) is 0 Å². The summed E-state index contributed by atoms with van der Waals surface area (Å²) >= 11 is 0. The van der Waals surface area contributed by atoms with Gasteiger partial charge in [0.2, 0.25) is 5.91 Å². The topological polar surface area (TPSA) is 41.6 Å². The molecule has 1 amide bonds. The largest absolute Gasteiger partial charge is 0.377 e. The number of amides is 1. The van der Waals surface area contributed by atoms with Gasteiger partial charge in [0.05, 0.1) is 5.60 Å². The van der Waals surface area contributed by atoms with Crippen molar-refractivity contribution in [2.45, 2.75) is 57.6 Å². The Morgan fingerprint density at radius 3 is 2.95 bits per heavy atom. The Bertz CT molecular complexity index is 321. The van der Waals surface area contributed by atoms with Crippen molar-refractivity contribution in [2.75, 3.05) is 26.7 Å². The predicted molar refractivity (Wildman–Crippen MR) is 76.0 cm³/mol. The van der Waals surface area contributed by atoms with Gasteiger partial charge in [-0.05, 0) is 45.1 Å². The molecule has 0 saturated carbocycles. The van der Waals surface area contributed by atoms with Crippen molar-refractivity contribution in [1.82, 2.24) is 10.2 Å². The Hall–Kier alpha value is -0.610. The molecule has 2 rings (SSSR count). The molecule has 2 heterocycles. The van der Waals surface area contributed by atoms with Gasteiger partial charge in [-0.2, -0.15) is 0 Å². The second kappa shape index (κ2) is 6.23. The van der Waals surface area contributed by atoms with E-state index in [1.54, 1.807) is 7.11 Å². The molecule has 0 aromatic rings. The minimum Gasteiger partial charge on any atom is -0.377 e. The van der Waals surface area contributed by atoms with Crippen molar-refractivity contribution >= 4 is 5.91 Å². The number of nitrogens with one attached hydrogen (secondary N) is 1. The van der Waals surface area contributed by atoms with E-state index in [0.29, 0.717) is 18.4 Å². The molecule has 2 aliphatic rings. The fraction of sp³-hybridized carbons (Fsp3) is 0.933. The highest BCUT2D eigenvalue weighted by molar-refractivity contribution is 5.77. The van der Waals surface area contributed by atoms with Crippen LogP contribution in [0.2, 0.25) is 0 Å². The molecule has 0 spiro atoms. The number of ether oxygens (including phenoxy) is 1. The van der Waals surface area contributed by atoms with Gasteiger partial charge in [0, 0.05) is 32.7 Å². The lowest BCUT2D eigenvalue weighted by atomic mass is 9.89. The van der Waals surface area contributed by atoms with Crippen molar-refractivity contribution in [3.05, 3.63) is 0 Å². The summed E-state index contributed by atoms with van der Waals surface area (Å²) < 4.78 is 5.56. The monoisotopic (exact) mass is 268 g/mol. The lowest BCUT2D eigenvalue weighted by molar-refractivity contribution is -0.140. The molecule has 110 valence electrons. The summed E-state index contributed by atoms with van der Waals surface area (Å²) in [6, 6.07) is 0.358. The molecular weight excluding hydrogens is 240 g/mol. The van der Waals surface area contributed by atoms with Gasteiger partial charge in [0.1, 0.15) is 0 Å². The lowest BCUT2D eigenvalue weighted by Gasteiger charge is -2.40. The quantitative estimate of drug-likeness (QED) is 0.848. The zero-order valence-corrected chi connectivity index (χ0v) is 12.6. The number of methoxy groups -OCH3 is 1. The molecular formula is C15H28N2O2. The molecule has 0 aromatic heterocycles. The molecule has 2 saturated heterocycles. The molecule has 2 aliphatic heterocycles. The molecule has 4 nitrogen and oxygen atoms in total. The highest BCUT2D eigenvalue weighted by atomic mass is 16.5. The second-order valence-corrected chi connectivity index (χ2v) is 6.46. The van der Waals surface area contributed by atoms with Crippen LogP contribution in [0.3, 0.4) is 0 Å². The number of carbonyl (C=O) groups excluding carboxylic acids is 1. The van der Waals surface area contributed by atoms with Gasteiger partial charge in [-0.25, -0.2) is 0 Å². The maximum absolute atomic E-state index is 12.4. The molecule has 4 heteroatoms. The maximum Gasteiger partial charge on any atom is 0.224 e. The number of rotatable bonds is 3. The third-order valence-corrected chi connectivity index (χ3v) is 4.83. The summed E-state index contributed by atoms with van der Waals surface area (Å²) in [6.07, 6.45) is 5.20. The number of carbonyl (C=O) groups is 1. The van der Waals surface area contributed by atoms with E-state index in [4.69, 9.17) is 4.74 Å². The summed E-state index contributed by atoms with van der Waals surface area (Å²) in [5.74, 6) is 0.894. The first-order valence-electron chi connectivity index (χ1n) is 7.60. The molecule has 3 unspecified atom stereocenters. The highest BCUT2D eigenvalue weighted by Gasteiger charge is 2.34. The molecule has 1 N–H and O–H groups in total. The van der Waals surface area contributed by atoms with Gasteiger partial charge in [-0.3, -0.25) is 4.79 Å². The maximum atomic E-state index is 12.4. The van der Waals surface area contributed by atoms with E-state index >= 15 is 0 Å². The number of hydrogen-bond donors (Lipinski definition) is 1. The summed E-state index contributed by atoms with van der Waals surface area (Å²) in [5, 5.41) is 3.49. The van der Waals surface area contributed by atoms with E-state index in [0.717, 1.165) is 32.5 Å². The Kier molecular flexibility index (Phi) is 4.85. The van der Waals surface area contributed by atoms with Crippen molar-refractivity contribution in [1.29, 1.82) is 0 Å². The van der Waals surface area contributed by atoms with Gasteiger partial charge in [-0.15, -0.1) is 0 Å². The average molecular weight is 268 g/mol. The van der Waals surface area contributed by atoms with Gasteiger partial charge >= 0.3 is 0 Å². The summed E-state index contributed by atoms with van der Waals surface area (Å²) in [5.41, 5.74) is -0.153. The van der Waals surface area contributed by atoms with E-state index in [1.807, 2.05) is 4.90 Å². The Balaban J connectivity index is 1.88. The van der Waals surface area contributed by atoms with Crippen molar-refractivity contribution in [3.63, 3.8) is 0 Å². The van der Waals surface area contributed by atoms with Crippen LogP contribution in [-0.4, -0.2) is 49.2 Å². The van der Waals surface area contributed by atoms with Crippen LogP contribution in [0.15, 0.2) is 0 Å². The Morgan fingerprint density at radius 1 is 1.47 bits per heavy atom. The summed E-state index contributed by atoms with van der Waals surface area (Å²) in [6.45, 7) is 7.04. The summed E-state index contributed by atoms with van der Waals surface area (Å²) in [4.78, 5) is 14.4. The molecule has 0 aromatic carbocycles. The third kappa shape index (κ3) is 3.69. The van der Waals surface area contributed by atoms with E-state index in [1.165, 1.54) is 12.8 Å². The fourth-order valence-electron chi connectivity index (χ4n) is 3.29. The van der Waals surface area contributed by atoms with Crippen molar-refractivity contribution in [3.8, 4) is 0 Å². The minimum absolute atomic E-state index is 0.153. The normalized spacial score (nSPS) is 36.3. The number of likely N-dealkylation sites (tertiary alicyclic amines) is 1. The molecule has 0 radical (unpaired) electrons. The zero-order chi connectivity index (χ0) is 13.9. The van der Waals surface area contributed by atoms with Crippen molar-refractivity contribution in [2.24, 2.45) is 5.92 Å². The van der Waals surface area contributed by atoms with E-state index < -0.39 is 0 Å². The van der Waals surface area contributed by atoms with Crippen LogP contribution in [0.5, 0.6) is 0 Å². The first-order valence-corrected chi connectivity index (χ1v) is 7.60. The molecule has 2 fully saturated rings. The smallest absolute Gasteiger partial charge is 0.224 e. The van der Waals surface area contributed by atoms with Gasteiger partial charge in [-0.1, -0.05) is 6.92 Å². The first-order chi connectivity index (χ1) is 9.04. The van der Waals surface area contributed by atoms with Crippen molar-refractivity contribution < 1.29 is 9.53 Å². The standard InChI is InChI=1S/C15H28N2O2/c1-12-6-4-8-16-13(12)10-14(18)17-9-5-7-15(2,11-17)19-3/h12-13,16H,4-11H2,1-3H3. The van der Waals surface area contributed by atoms with E-state index in [-0.39, 0.29) is 11.5 Å². The van der Waals surface area contributed by atoms with Crippen LogP contribution in [0.1, 0.15) is 46.0 Å². The SMILES string of the molecule is COC1(C)CCCN(C(=O)CC2NCCCC2C)C1. The van der Waals surface area contributed by atoms with Crippen LogP contribution < -0.4 is 5.32 Å². The summed E-state index contributed by atoms with van der Waals surface area (Å²) in [7, 11) is 1.75. The van der Waals surface area contributed by atoms with Crippen LogP contribution in [0, 0.1) is 5.92 Å². The second-order valence-electron chi connectivity index (χ2n) is 6.46. The molecule has 0 bridgehead atoms. The predicted octanol–water partition coefficient (Wildman–Crippen LogP) is 1.79. The molecule has 19 heavy (non-hydrogen) atoms. The fourth-order valence-corrected chi connectivity index (χ4v) is 3.29. The third-order valence-electron chi connectivity index (χ3n) is 4.83. The molecule has 0 aliphatic carbocycles. The highest BCUT2D eigenvalue weighted by Crippen LogP contribution is 2.25. The van der Waals surface area contributed by atoms with Gasteiger partial charge in [0.25, 0.3) is 0 Å². The Morgan fingerprint density at radius 2 is 2.26 bits per heavy atom. The number of nitrogens with zero attached hydrogens (tertiary/aromatic N) is 1. The number of piperidine rings is 2. The lowest BCUT2D eigenvalue weighted by Crippen LogP contribution is -2.51. The van der Waals surface area contributed by atoms with E-state index in [9.17, 15) is 4.79 Å². The Labute approximate surface area is 116 Å². The first kappa shape index (κ1) is 14.8. The van der Waals surface area contributed by atoms with Crippen LogP contribution in [0.25, 0.3) is 0 Å². The van der Waals surface area contributed by atoms with E-state index in [2.05, 4.69) is 19.2 Å². The molecule has 3 atom stereocenters. The zero-order valence-electron chi connectivity index (χ0n) is 12.6. The van der Waals surface area contributed by atoms with Crippen LogP contribution >= 0.6 is 0 Å².